The van der Waals surface area contributed by atoms with Gasteiger partial charge in [-0.2, -0.15) is 5.10 Å². The van der Waals surface area contributed by atoms with Crippen molar-refractivity contribution in [3.05, 3.63) is 30.6 Å². The number of nitrogens with zero attached hydrogens (tertiary/aromatic N) is 4. The highest BCUT2D eigenvalue weighted by molar-refractivity contribution is 5.89. The summed E-state index contributed by atoms with van der Waals surface area (Å²) < 4.78 is 1.78. The molecule has 3 aliphatic heterocycles. The highest BCUT2D eigenvalue weighted by Crippen LogP contribution is 2.42. The second-order valence-electron chi connectivity index (χ2n) is 9.40. The number of hydrogen-bond donors (Lipinski definition) is 1. The molecule has 2 bridgehead atoms. The summed E-state index contributed by atoms with van der Waals surface area (Å²) >= 11 is 0. The predicted octanol–water partition coefficient (Wildman–Crippen LogP) is 1.19. The summed E-state index contributed by atoms with van der Waals surface area (Å²) in [6.45, 7) is 2.35. The number of amides is 3. The minimum Gasteiger partial charge on any atom is -0.352 e. The van der Waals surface area contributed by atoms with E-state index < -0.39 is 6.04 Å². The predicted molar refractivity (Wildman–Crippen MR) is 114 cm³/mol. The Labute approximate surface area is 182 Å². The monoisotopic (exact) mass is 425 g/mol. The lowest BCUT2D eigenvalue weighted by Crippen LogP contribution is -2.69. The molecule has 1 aromatic heterocycles. The molecule has 0 unspecified atom stereocenters. The number of likely N-dealkylation sites (tertiary alicyclic amines) is 1. The number of piperidine rings is 3. The van der Waals surface area contributed by atoms with E-state index in [1.807, 2.05) is 22.1 Å². The second-order valence-corrected chi connectivity index (χ2v) is 9.40. The van der Waals surface area contributed by atoms with E-state index in [2.05, 4.69) is 22.6 Å². The topological polar surface area (TPSA) is 87.5 Å². The molecular formula is C23H31N5O3. The number of carbonyl (C=O) groups is 3. The van der Waals surface area contributed by atoms with E-state index in [0.717, 1.165) is 32.1 Å². The highest BCUT2D eigenvalue weighted by atomic mass is 16.2. The van der Waals surface area contributed by atoms with Gasteiger partial charge in [-0.05, 0) is 44.1 Å². The van der Waals surface area contributed by atoms with Crippen LogP contribution in [0.25, 0.3) is 0 Å². The van der Waals surface area contributed by atoms with Crippen LogP contribution in [-0.2, 0) is 20.9 Å². The van der Waals surface area contributed by atoms with Gasteiger partial charge in [0.1, 0.15) is 6.04 Å². The van der Waals surface area contributed by atoms with Crippen LogP contribution in [0.3, 0.4) is 0 Å². The molecule has 8 nitrogen and oxygen atoms in total. The number of aromatic nitrogens is 2. The van der Waals surface area contributed by atoms with Gasteiger partial charge in [0.2, 0.25) is 17.7 Å². The molecule has 3 saturated heterocycles. The van der Waals surface area contributed by atoms with Crippen LogP contribution in [0.1, 0.15) is 38.5 Å². The van der Waals surface area contributed by atoms with Crippen LogP contribution in [0.15, 0.2) is 30.6 Å². The Bertz CT molecular complexity index is 859. The lowest BCUT2D eigenvalue weighted by molar-refractivity contribution is -0.163. The first-order valence-electron chi connectivity index (χ1n) is 11.6. The van der Waals surface area contributed by atoms with Gasteiger partial charge in [0.05, 0.1) is 6.54 Å². The summed E-state index contributed by atoms with van der Waals surface area (Å²) in [4.78, 5) is 43.2. The SMILES string of the molecule is O=C(NCCn1cccn1)[C@H]1[C@@H]2C[C@@H](CN(C(=O)C3CC=CC3)C2)[C@@H]2CCCC(=O)N21. The van der Waals surface area contributed by atoms with Crippen molar-refractivity contribution in [2.45, 2.75) is 57.2 Å². The summed E-state index contributed by atoms with van der Waals surface area (Å²) in [5, 5.41) is 7.21. The van der Waals surface area contributed by atoms with Crippen LogP contribution in [0.4, 0.5) is 0 Å². The van der Waals surface area contributed by atoms with E-state index in [4.69, 9.17) is 0 Å². The molecule has 4 heterocycles. The number of carbonyl (C=O) groups excluding carboxylic acids is 3. The Balaban J connectivity index is 1.32. The van der Waals surface area contributed by atoms with Crippen LogP contribution < -0.4 is 5.32 Å². The summed E-state index contributed by atoms with van der Waals surface area (Å²) in [6, 6.07) is 1.44. The number of rotatable bonds is 5. The van der Waals surface area contributed by atoms with E-state index in [-0.39, 0.29) is 41.5 Å². The number of allylic oxidation sites excluding steroid dienone is 2. The molecule has 0 aromatic carbocycles. The molecule has 1 aromatic rings. The van der Waals surface area contributed by atoms with Crippen LogP contribution in [0.5, 0.6) is 0 Å². The molecule has 0 radical (unpaired) electrons. The highest BCUT2D eigenvalue weighted by Gasteiger charge is 2.52. The van der Waals surface area contributed by atoms with E-state index in [1.54, 1.807) is 10.9 Å². The van der Waals surface area contributed by atoms with Gasteiger partial charge in [-0.3, -0.25) is 19.1 Å². The largest absolute Gasteiger partial charge is 0.352 e. The van der Waals surface area contributed by atoms with Crippen molar-refractivity contribution in [1.82, 2.24) is 24.9 Å². The Kier molecular flexibility index (Phi) is 5.54. The lowest BCUT2D eigenvalue weighted by atomic mass is 9.71. The molecule has 8 heteroatoms. The average molecular weight is 426 g/mol. The zero-order chi connectivity index (χ0) is 21.4. The van der Waals surface area contributed by atoms with Gasteiger partial charge in [0.25, 0.3) is 0 Å². The van der Waals surface area contributed by atoms with Crippen LogP contribution in [0.2, 0.25) is 0 Å². The van der Waals surface area contributed by atoms with E-state index in [9.17, 15) is 14.4 Å². The van der Waals surface area contributed by atoms with Gasteiger partial charge >= 0.3 is 0 Å². The molecule has 0 saturated carbocycles. The van der Waals surface area contributed by atoms with Gasteiger partial charge < -0.3 is 15.1 Å². The summed E-state index contributed by atoms with van der Waals surface area (Å²) in [5.74, 6) is 0.539. The van der Waals surface area contributed by atoms with Crippen molar-refractivity contribution in [1.29, 1.82) is 0 Å². The zero-order valence-corrected chi connectivity index (χ0v) is 17.9. The van der Waals surface area contributed by atoms with Gasteiger partial charge in [0, 0.05) is 56.3 Å². The minimum absolute atomic E-state index is 0.0000607. The van der Waals surface area contributed by atoms with Crippen molar-refractivity contribution in [3.8, 4) is 0 Å². The van der Waals surface area contributed by atoms with Gasteiger partial charge in [-0.15, -0.1) is 0 Å². The number of nitrogens with one attached hydrogen (secondary N) is 1. The third-order valence-electron chi connectivity index (χ3n) is 7.48. The maximum Gasteiger partial charge on any atom is 0.243 e. The molecule has 31 heavy (non-hydrogen) atoms. The normalized spacial score (nSPS) is 30.4. The first-order valence-corrected chi connectivity index (χ1v) is 11.6. The minimum atomic E-state index is -0.482. The molecule has 1 aliphatic carbocycles. The Morgan fingerprint density at radius 3 is 2.74 bits per heavy atom. The molecule has 4 atom stereocenters. The first-order chi connectivity index (χ1) is 15.1. The third-order valence-corrected chi connectivity index (χ3v) is 7.48. The Morgan fingerprint density at radius 1 is 1.16 bits per heavy atom. The fourth-order valence-corrected chi connectivity index (χ4v) is 6.08. The standard InChI is InChI=1S/C23H31N5O3/c29-20-8-3-7-19-17-13-18(15-26(14-17)23(31)16-5-1-2-6-16)21(28(19)20)22(30)24-10-12-27-11-4-9-25-27/h1-2,4,9,11,16-19,21H,3,5-8,10,12-15H2,(H,24,30)/t17-,18+,19-,21+/m0/s1. The van der Waals surface area contributed by atoms with E-state index in [0.29, 0.717) is 32.6 Å². The maximum absolute atomic E-state index is 13.3. The molecule has 3 fully saturated rings. The average Bonchev–Trinajstić information content (AvgIpc) is 3.48. The van der Waals surface area contributed by atoms with Crippen LogP contribution in [-0.4, -0.2) is 69.0 Å². The van der Waals surface area contributed by atoms with Gasteiger partial charge in [-0.25, -0.2) is 0 Å². The summed E-state index contributed by atoms with van der Waals surface area (Å²) in [7, 11) is 0. The molecule has 166 valence electrons. The molecule has 0 spiro atoms. The second kappa shape index (κ2) is 8.48. The van der Waals surface area contributed by atoms with Gasteiger partial charge in [-0.1, -0.05) is 12.2 Å². The fraction of sp³-hybridized carbons (Fsp3) is 0.652. The number of fused-ring (bicyclic) bond motifs is 4. The molecular weight excluding hydrogens is 394 g/mol. The fourth-order valence-electron chi connectivity index (χ4n) is 6.08. The molecule has 1 N–H and O–H groups in total. The van der Waals surface area contributed by atoms with E-state index in [1.165, 1.54) is 0 Å². The van der Waals surface area contributed by atoms with Crippen molar-refractivity contribution in [2.75, 3.05) is 19.6 Å². The molecule has 5 rings (SSSR count). The van der Waals surface area contributed by atoms with Crippen LogP contribution in [0, 0.1) is 17.8 Å². The quantitative estimate of drug-likeness (QED) is 0.718. The number of hydrogen-bond acceptors (Lipinski definition) is 4. The van der Waals surface area contributed by atoms with Crippen molar-refractivity contribution < 1.29 is 14.4 Å². The zero-order valence-electron chi connectivity index (χ0n) is 17.9. The third kappa shape index (κ3) is 3.88. The lowest BCUT2D eigenvalue weighted by Gasteiger charge is -2.56. The molecule has 4 aliphatic rings. The Morgan fingerprint density at radius 2 is 1.97 bits per heavy atom. The van der Waals surface area contributed by atoms with Gasteiger partial charge in [0.15, 0.2) is 0 Å². The van der Waals surface area contributed by atoms with E-state index >= 15 is 0 Å². The van der Waals surface area contributed by atoms with Crippen molar-refractivity contribution in [2.24, 2.45) is 17.8 Å². The van der Waals surface area contributed by atoms with Crippen molar-refractivity contribution >= 4 is 17.7 Å². The first kappa shape index (κ1) is 20.3. The Hall–Kier alpha value is -2.64. The maximum atomic E-state index is 13.3. The smallest absolute Gasteiger partial charge is 0.243 e. The molecule has 3 amide bonds. The van der Waals surface area contributed by atoms with Crippen LogP contribution >= 0.6 is 0 Å². The summed E-state index contributed by atoms with van der Waals surface area (Å²) in [5.41, 5.74) is 0. The summed E-state index contributed by atoms with van der Waals surface area (Å²) in [6.07, 6.45) is 12.6. The van der Waals surface area contributed by atoms with Crippen molar-refractivity contribution in [3.63, 3.8) is 0 Å².